The molecule has 2 aromatic rings. The number of H-pyrrole nitrogens is 1. The maximum atomic E-state index is 10.8. The number of aromatic hydroxyl groups is 1. The lowest BCUT2D eigenvalue weighted by molar-refractivity contribution is -0.118. The maximum Gasteiger partial charge on any atom is 0.216 e. The Labute approximate surface area is 99.7 Å². The third-order valence-corrected chi connectivity index (χ3v) is 2.93. The Balaban J connectivity index is 2.28. The fraction of sp³-hybridized carbons (Fsp3) is 0.308. The molecule has 3 N–H and O–H groups in total. The topological polar surface area (TPSA) is 65.1 Å². The number of amides is 1. The molecule has 0 saturated carbocycles. The number of rotatable bonds is 3. The first-order chi connectivity index (χ1) is 8.09. The zero-order chi connectivity index (χ0) is 12.4. The second-order valence-corrected chi connectivity index (χ2v) is 4.18. The molecule has 1 aromatic heterocycles. The molecule has 0 fully saturated rings. The van der Waals surface area contributed by atoms with E-state index in [1.165, 1.54) is 6.92 Å². The molecule has 0 aliphatic carbocycles. The number of aromatic nitrogens is 1. The Bertz CT molecular complexity index is 558. The van der Waals surface area contributed by atoms with Crippen LogP contribution in [-0.4, -0.2) is 22.5 Å². The molecule has 1 amide bonds. The van der Waals surface area contributed by atoms with Crippen LogP contribution in [0.2, 0.25) is 0 Å². The molecule has 0 radical (unpaired) electrons. The summed E-state index contributed by atoms with van der Waals surface area (Å²) in [6, 6.07) is 3.55. The minimum atomic E-state index is -0.0237. The van der Waals surface area contributed by atoms with Gasteiger partial charge in [0.25, 0.3) is 0 Å². The average Bonchev–Trinajstić information content (AvgIpc) is 2.67. The summed E-state index contributed by atoms with van der Waals surface area (Å²) in [6.07, 6.45) is 2.68. The van der Waals surface area contributed by atoms with Crippen LogP contribution < -0.4 is 5.32 Å². The van der Waals surface area contributed by atoms with Crippen molar-refractivity contribution >= 4 is 16.8 Å². The lowest BCUT2D eigenvalue weighted by atomic mass is 10.0. The van der Waals surface area contributed by atoms with Crippen molar-refractivity contribution in [2.24, 2.45) is 0 Å². The van der Waals surface area contributed by atoms with E-state index < -0.39 is 0 Å². The van der Waals surface area contributed by atoms with Crippen LogP contribution in [0.4, 0.5) is 0 Å². The monoisotopic (exact) mass is 232 g/mol. The van der Waals surface area contributed by atoms with E-state index in [1.807, 2.05) is 19.2 Å². The molecule has 4 heteroatoms. The fourth-order valence-corrected chi connectivity index (χ4v) is 2.04. The fourth-order valence-electron chi connectivity index (χ4n) is 2.04. The molecule has 0 aliphatic rings. The zero-order valence-electron chi connectivity index (χ0n) is 10.0. The highest BCUT2D eigenvalue weighted by Crippen LogP contribution is 2.28. The molecule has 0 unspecified atom stereocenters. The maximum absolute atomic E-state index is 10.8. The summed E-state index contributed by atoms with van der Waals surface area (Å²) in [6.45, 7) is 4.01. The number of nitrogens with one attached hydrogen (secondary N) is 2. The van der Waals surface area contributed by atoms with Gasteiger partial charge in [0, 0.05) is 36.1 Å². The Morgan fingerprint density at radius 3 is 2.94 bits per heavy atom. The van der Waals surface area contributed by atoms with Gasteiger partial charge in [-0.3, -0.25) is 4.79 Å². The molecule has 0 aliphatic heterocycles. The summed E-state index contributed by atoms with van der Waals surface area (Å²) >= 11 is 0. The molecule has 90 valence electrons. The molecule has 0 saturated heterocycles. The van der Waals surface area contributed by atoms with Crippen molar-refractivity contribution in [1.29, 1.82) is 0 Å². The van der Waals surface area contributed by atoms with Gasteiger partial charge in [-0.25, -0.2) is 0 Å². The third kappa shape index (κ3) is 2.25. The number of benzene rings is 1. The van der Waals surface area contributed by atoms with Crippen LogP contribution in [0.5, 0.6) is 5.75 Å². The number of carbonyl (C=O) groups excluding carboxylic acids is 1. The lowest BCUT2D eigenvalue weighted by Gasteiger charge is -2.04. The van der Waals surface area contributed by atoms with Gasteiger partial charge < -0.3 is 15.4 Å². The standard InChI is InChI=1S/C13H16N2O2/c1-8-12(17)4-3-11-13(8)10(7-15-11)5-6-14-9(2)16/h3-4,7,15,17H,5-6H2,1-2H3,(H,14,16). The minimum absolute atomic E-state index is 0.0237. The van der Waals surface area contributed by atoms with E-state index >= 15 is 0 Å². The number of carbonyl (C=O) groups is 1. The van der Waals surface area contributed by atoms with Crippen molar-refractivity contribution < 1.29 is 9.90 Å². The summed E-state index contributed by atoms with van der Waals surface area (Å²) in [7, 11) is 0. The quantitative estimate of drug-likeness (QED) is 0.756. The van der Waals surface area contributed by atoms with Crippen LogP contribution >= 0.6 is 0 Å². The largest absolute Gasteiger partial charge is 0.508 e. The molecule has 17 heavy (non-hydrogen) atoms. The second kappa shape index (κ2) is 4.49. The number of phenolic OH excluding ortho intramolecular Hbond substituents is 1. The van der Waals surface area contributed by atoms with Crippen LogP contribution in [0, 0.1) is 6.92 Å². The van der Waals surface area contributed by atoms with Crippen LogP contribution in [0.15, 0.2) is 18.3 Å². The first-order valence-electron chi connectivity index (χ1n) is 5.62. The predicted octanol–water partition coefficient (Wildman–Crippen LogP) is 1.86. The molecule has 4 nitrogen and oxygen atoms in total. The van der Waals surface area contributed by atoms with Crippen LogP contribution in [0.3, 0.4) is 0 Å². The Morgan fingerprint density at radius 1 is 1.47 bits per heavy atom. The van der Waals surface area contributed by atoms with Gasteiger partial charge in [-0.1, -0.05) is 0 Å². The first-order valence-corrected chi connectivity index (χ1v) is 5.62. The van der Waals surface area contributed by atoms with Gasteiger partial charge >= 0.3 is 0 Å². The van der Waals surface area contributed by atoms with Crippen LogP contribution in [-0.2, 0) is 11.2 Å². The van der Waals surface area contributed by atoms with Crippen molar-refractivity contribution in [2.75, 3.05) is 6.54 Å². The predicted molar refractivity (Wildman–Crippen MR) is 67.1 cm³/mol. The van der Waals surface area contributed by atoms with Gasteiger partial charge in [-0.15, -0.1) is 0 Å². The normalized spacial score (nSPS) is 10.7. The molecular weight excluding hydrogens is 216 g/mol. The van der Waals surface area contributed by atoms with Crippen molar-refractivity contribution in [3.8, 4) is 5.75 Å². The number of aryl methyl sites for hydroxylation is 1. The van der Waals surface area contributed by atoms with E-state index in [9.17, 15) is 9.90 Å². The van der Waals surface area contributed by atoms with Crippen molar-refractivity contribution in [2.45, 2.75) is 20.3 Å². The Kier molecular flexibility index (Phi) is 3.04. The Morgan fingerprint density at radius 2 is 2.24 bits per heavy atom. The number of aromatic amines is 1. The smallest absolute Gasteiger partial charge is 0.216 e. The number of phenols is 1. The summed E-state index contributed by atoms with van der Waals surface area (Å²) in [5.41, 5.74) is 3.00. The second-order valence-electron chi connectivity index (χ2n) is 4.18. The van der Waals surface area contributed by atoms with Crippen molar-refractivity contribution in [3.63, 3.8) is 0 Å². The minimum Gasteiger partial charge on any atom is -0.508 e. The molecule has 0 spiro atoms. The molecule has 0 atom stereocenters. The molecule has 1 aromatic carbocycles. The van der Waals surface area contributed by atoms with Crippen LogP contribution in [0.25, 0.3) is 10.9 Å². The summed E-state index contributed by atoms with van der Waals surface area (Å²) in [5.74, 6) is 0.280. The molecule has 0 bridgehead atoms. The SMILES string of the molecule is CC(=O)NCCc1c[nH]c2ccc(O)c(C)c12. The molecule has 1 heterocycles. The third-order valence-electron chi connectivity index (χ3n) is 2.93. The molecule has 2 rings (SSSR count). The summed E-state index contributed by atoms with van der Waals surface area (Å²) in [4.78, 5) is 14.0. The van der Waals surface area contributed by atoms with Gasteiger partial charge in [-0.05, 0) is 31.0 Å². The van der Waals surface area contributed by atoms with Gasteiger partial charge in [0.1, 0.15) is 5.75 Å². The van der Waals surface area contributed by atoms with Gasteiger partial charge in [-0.2, -0.15) is 0 Å². The van der Waals surface area contributed by atoms with E-state index in [4.69, 9.17) is 0 Å². The highest BCUT2D eigenvalue weighted by atomic mass is 16.3. The van der Waals surface area contributed by atoms with Crippen molar-refractivity contribution in [3.05, 3.63) is 29.5 Å². The lowest BCUT2D eigenvalue weighted by Crippen LogP contribution is -2.22. The highest BCUT2D eigenvalue weighted by molar-refractivity contribution is 5.88. The summed E-state index contributed by atoms with van der Waals surface area (Å²) in [5, 5.41) is 13.5. The van der Waals surface area contributed by atoms with Crippen LogP contribution in [0.1, 0.15) is 18.1 Å². The van der Waals surface area contributed by atoms with E-state index in [2.05, 4.69) is 10.3 Å². The van der Waals surface area contributed by atoms with E-state index in [0.29, 0.717) is 12.3 Å². The Hall–Kier alpha value is -1.97. The van der Waals surface area contributed by atoms with Crippen molar-refractivity contribution in [1.82, 2.24) is 10.3 Å². The van der Waals surface area contributed by atoms with E-state index in [-0.39, 0.29) is 5.91 Å². The summed E-state index contributed by atoms with van der Waals surface area (Å²) < 4.78 is 0. The highest BCUT2D eigenvalue weighted by Gasteiger charge is 2.09. The van der Waals surface area contributed by atoms with E-state index in [1.54, 1.807) is 6.07 Å². The number of hydrogen-bond acceptors (Lipinski definition) is 2. The number of hydrogen-bond donors (Lipinski definition) is 3. The van der Waals surface area contributed by atoms with Gasteiger partial charge in [0.15, 0.2) is 0 Å². The zero-order valence-corrected chi connectivity index (χ0v) is 10.0. The first kappa shape index (κ1) is 11.5. The van der Waals surface area contributed by atoms with Gasteiger partial charge in [0.2, 0.25) is 5.91 Å². The average molecular weight is 232 g/mol. The molecular formula is C13H16N2O2. The number of fused-ring (bicyclic) bond motifs is 1. The van der Waals surface area contributed by atoms with Gasteiger partial charge in [0.05, 0.1) is 0 Å². The van der Waals surface area contributed by atoms with E-state index in [0.717, 1.165) is 28.5 Å².